The number of hydrogen-bond acceptors (Lipinski definition) is 6. The Balaban J connectivity index is 1.56. The van der Waals surface area contributed by atoms with Crippen molar-refractivity contribution in [2.24, 2.45) is 12.5 Å². The molecule has 2 aromatic carbocycles. The summed E-state index contributed by atoms with van der Waals surface area (Å²) in [4.78, 5) is 35.7. The van der Waals surface area contributed by atoms with Gasteiger partial charge in [-0.05, 0) is 41.8 Å². The van der Waals surface area contributed by atoms with Gasteiger partial charge in [0.25, 0.3) is 5.91 Å². The number of hydrogen-bond donors (Lipinski definition) is 3. The molecule has 1 saturated heterocycles. The Morgan fingerprint density at radius 3 is 2.29 bits per heavy atom. The molecular weight excluding hydrogens is 480 g/mol. The molecule has 1 unspecified atom stereocenters. The molecule has 2 aromatic heterocycles. The lowest BCUT2D eigenvalue weighted by atomic mass is 9.95. The molecule has 1 aliphatic heterocycles. The standard InChI is InChI=1S/C29H32N6O3/c1-29(2,3)28(38)33-20-11-9-18(10-12-20)24-22(23-25(30)31-16-32-26(23)34(24)4)17-5-7-19(8-6-17)27(37)35-14-13-21(36)15-35/h5-12,16,21,36H,13-15H2,1-4H3,(H,33,38)(H2,30,31,32). The number of anilines is 2. The number of β-amino-alcohol motifs (C(OH)–C–C–N with tert-alkyl or cyclic N) is 1. The molecule has 4 N–H and O–H groups in total. The molecule has 9 nitrogen and oxygen atoms in total. The second-order valence-electron chi connectivity index (χ2n) is 10.8. The van der Waals surface area contributed by atoms with Crippen molar-refractivity contribution in [3.05, 3.63) is 60.4 Å². The third-order valence-electron chi connectivity index (χ3n) is 6.97. The highest BCUT2D eigenvalue weighted by atomic mass is 16.3. The topological polar surface area (TPSA) is 126 Å². The van der Waals surface area contributed by atoms with Crippen LogP contribution >= 0.6 is 0 Å². The van der Waals surface area contributed by atoms with Crippen LogP contribution < -0.4 is 11.1 Å². The Morgan fingerprint density at radius 1 is 1.03 bits per heavy atom. The van der Waals surface area contributed by atoms with E-state index in [0.717, 1.165) is 27.8 Å². The highest BCUT2D eigenvalue weighted by Crippen LogP contribution is 2.41. The van der Waals surface area contributed by atoms with E-state index in [2.05, 4.69) is 15.3 Å². The lowest BCUT2D eigenvalue weighted by Crippen LogP contribution is -2.29. The Bertz CT molecular complexity index is 1520. The zero-order valence-electron chi connectivity index (χ0n) is 22.0. The number of nitrogens with zero attached hydrogens (tertiary/aromatic N) is 4. The van der Waals surface area contributed by atoms with Crippen LogP contribution in [0.4, 0.5) is 11.5 Å². The number of aliphatic hydroxyl groups is 1. The highest BCUT2D eigenvalue weighted by molar-refractivity contribution is 6.08. The Labute approximate surface area is 221 Å². The number of carbonyl (C=O) groups is 2. The Morgan fingerprint density at radius 2 is 1.68 bits per heavy atom. The minimum Gasteiger partial charge on any atom is -0.391 e. The van der Waals surface area contributed by atoms with Crippen molar-refractivity contribution in [2.45, 2.75) is 33.3 Å². The van der Waals surface area contributed by atoms with E-state index in [4.69, 9.17) is 5.73 Å². The zero-order chi connectivity index (χ0) is 27.2. The van der Waals surface area contributed by atoms with E-state index in [1.165, 1.54) is 6.33 Å². The van der Waals surface area contributed by atoms with Crippen LogP contribution in [0.2, 0.25) is 0 Å². The molecular formula is C29H32N6O3. The van der Waals surface area contributed by atoms with Crippen LogP contribution in [0, 0.1) is 5.41 Å². The maximum Gasteiger partial charge on any atom is 0.253 e. The van der Waals surface area contributed by atoms with Gasteiger partial charge in [0, 0.05) is 42.4 Å². The summed E-state index contributed by atoms with van der Waals surface area (Å²) in [5.41, 5.74) is 11.4. The molecule has 0 radical (unpaired) electrons. The number of amides is 2. The fraction of sp³-hybridized carbons (Fsp3) is 0.310. The van der Waals surface area contributed by atoms with Crippen molar-refractivity contribution >= 4 is 34.4 Å². The van der Waals surface area contributed by atoms with E-state index in [1.54, 1.807) is 17.0 Å². The largest absolute Gasteiger partial charge is 0.391 e. The molecule has 196 valence electrons. The van der Waals surface area contributed by atoms with Crippen molar-refractivity contribution in [3.8, 4) is 22.4 Å². The fourth-order valence-electron chi connectivity index (χ4n) is 4.81. The summed E-state index contributed by atoms with van der Waals surface area (Å²) >= 11 is 0. The summed E-state index contributed by atoms with van der Waals surface area (Å²) in [5, 5.41) is 13.5. The molecule has 1 aliphatic rings. The SMILES string of the molecule is Cn1c(-c2ccc(NC(=O)C(C)(C)C)cc2)c(-c2ccc(C(=O)N3CCC(O)C3)cc2)c2c(N)ncnc21. The first-order chi connectivity index (χ1) is 18.0. The molecule has 2 amide bonds. The molecule has 4 aromatic rings. The van der Waals surface area contributed by atoms with E-state index >= 15 is 0 Å². The van der Waals surface area contributed by atoms with Crippen LogP contribution in [0.15, 0.2) is 54.9 Å². The van der Waals surface area contributed by atoms with Crippen molar-refractivity contribution in [2.75, 3.05) is 24.1 Å². The number of nitrogens with one attached hydrogen (secondary N) is 1. The van der Waals surface area contributed by atoms with Gasteiger partial charge in [0.2, 0.25) is 5.91 Å². The van der Waals surface area contributed by atoms with Gasteiger partial charge in [0.15, 0.2) is 0 Å². The number of rotatable bonds is 4. The molecule has 3 heterocycles. The number of benzene rings is 2. The van der Waals surface area contributed by atoms with E-state index in [0.29, 0.717) is 42.2 Å². The number of nitrogens with two attached hydrogens (primary N) is 1. The third-order valence-corrected chi connectivity index (χ3v) is 6.97. The summed E-state index contributed by atoms with van der Waals surface area (Å²) in [6, 6.07) is 15.1. The first-order valence-corrected chi connectivity index (χ1v) is 12.6. The molecule has 0 saturated carbocycles. The summed E-state index contributed by atoms with van der Waals surface area (Å²) in [6.07, 6.45) is 1.58. The first kappa shape index (κ1) is 25.4. The smallest absolute Gasteiger partial charge is 0.253 e. The van der Waals surface area contributed by atoms with Crippen LogP contribution in [0.5, 0.6) is 0 Å². The van der Waals surface area contributed by atoms with Gasteiger partial charge in [0.05, 0.1) is 17.2 Å². The molecule has 0 aliphatic carbocycles. The van der Waals surface area contributed by atoms with Gasteiger partial charge >= 0.3 is 0 Å². The minimum atomic E-state index is -0.500. The van der Waals surface area contributed by atoms with Crippen molar-refractivity contribution in [3.63, 3.8) is 0 Å². The molecule has 5 rings (SSSR count). The third kappa shape index (κ3) is 4.61. The predicted octanol–water partition coefficient (Wildman–Crippen LogP) is 4.08. The van der Waals surface area contributed by atoms with E-state index in [9.17, 15) is 14.7 Å². The fourth-order valence-corrected chi connectivity index (χ4v) is 4.81. The average molecular weight is 513 g/mol. The number of carbonyl (C=O) groups excluding carboxylic acids is 2. The van der Waals surface area contributed by atoms with Crippen LogP contribution in [-0.4, -0.2) is 55.5 Å². The number of aromatic nitrogens is 3. The van der Waals surface area contributed by atoms with Gasteiger partial charge in [-0.15, -0.1) is 0 Å². The number of likely N-dealkylation sites (tertiary alicyclic amines) is 1. The van der Waals surface area contributed by atoms with Crippen molar-refractivity contribution in [1.29, 1.82) is 0 Å². The molecule has 1 atom stereocenters. The second kappa shape index (κ2) is 9.57. The first-order valence-electron chi connectivity index (χ1n) is 12.6. The predicted molar refractivity (Wildman–Crippen MR) is 148 cm³/mol. The van der Waals surface area contributed by atoms with Gasteiger partial charge in [-0.2, -0.15) is 0 Å². The van der Waals surface area contributed by atoms with Gasteiger partial charge in [-0.25, -0.2) is 9.97 Å². The second-order valence-corrected chi connectivity index (χ2v) is 10.8. The normalized spacial score (nSPS) is 15.7. The van der Waals surface area contributed by atoms with Gasteiger partial charge in [-0.1, -0.05) is 45.0 Å². The van der Waals surface area contributed by atoms with Crippen LogP contribution in [0.25, 0.3) is 33.4 Å². The van der Waals surface area contributed by atoms with E-state index in [-0.39, 0.29) is 11.8 Å². The quantitative estimate of drug-likeness (QED) is 0.378. The van der Waals surface area contributed by atoms with Crippen molar-refractivity contribution in [1.82, 2.24) is 19.4 Å². The van der Waals surface area contributed by atoms with Crippen LogP contribution in [0.1, 0.15) is 37.6 Å². The summed E-state index contributed by atoms with van der Waals surface area (Å²) < 4.78 is 1.98. The van der Waals surface area contributed by atoms with Crippen LogP contribution in [-0.2, 0) is 11.8 Å². The summed E-state index contributed by atoms with van der Waals surface area (Å²) in [5.74, 6) is 0.214. The lowest BCUT2D eigenvalue weighted by molar-refractivity contribution is -0.123. The van der Waals surface area contributed by atoms with E-state index in [1.807, 2.05) is 68.8 Å². The maximum absolute atomic E-state index is 12.9. The zero-order valence-corrected chi connectivity index (χ0v) is 22.0. The molecule has 0 spiro atoms. The Hall–Kier alpha value is -4.24. The van der Waals surface area contributed by atoms with Crippen LogP contribution in [0.3, 0.4) is 0 Å². The molecule has 9 heteroatoms. The number of aryl methyl sites for hydroxylation is 1. The summed E-state index contributed by atoms with van der Waals surface area (Å²) in [7, 11) is 1.93. The van der Waals surface area contributed by atoms with Gasteiger partial charge < -0.3 is 25.6 Å². The maximum atomic E-state index is 12.9. The monoisotopic (exact) mass is 512 g/mol. The summed E-state index contributed by atoms with van der Waals surface area (Å²) in [6.45, 7) is 6.52. The number of aliphatic hydroxyl groups excluding tert-OH is 1. The number of nitrogen functional groups attached to an aromatic ring is 1. The van der Waals surface area contributed by atoms with Gasteiger partial charge in [0.1, 0.15) is 17.8 Å². The molecule has 38 heavy (non-hydrogen) atoms. The van der Waals surface area contributed by atoms with Crippen molar-refractivity contribution < 1.29 is 14.7 Å². The minimum absolute atomic E-state index is 0.0586. The number of fused-ring (bicyclic) bond motifs is 1. The average Bonchev–Trinajstić information content (AvgIpc) is 3.45. The highest BCUT2D eigenvalue weighted by Gasteiger charge is 2.26. The van der Waals surface area contributed by atoms with E-state index < -0.39 is 11.5 Å². The van der Waals surface area contributed by atoms with Gasteiger partial charge in [-0.3, -0.25) is 9.59 Å². The Kier molecular flexibility index (Phi) is 6.40. The molecule has 1 fully saturated rings. The lowest BCUT2D eigenvalue weighted by Gasteiger charge is -2.18. The molecule has 0 bridgehead atoms.